The van der Waals surface area contributed by atoms with E-state index in [1.807, 2.05) is 27.8 Å². The number of carbonyl (C=O) groups is 2. The maximum atomic E-state index is 13.7. The number of halogens is 2. The minimum Gasteiger partial charge on any atom is -0.376 e. The van der Waals surface area contributed by atoms with Crippen LogP contribution in [0, 0.1) is 22.5 Å². The molecule has 3 N–H and O–H groups in total. The van der Waals surface area contributed by atoms with E-state index >= 15 is 0 Å². The molecular formula is C24H33F2N5O3. The Balaban J connectivity index is 1.76. The van der Waals surface area contributed by atoms with Gasteiger partial charge in [0.05, 0.1) is 18.9 Å². The molecule has 3 amide bonds. The molecule has 2 aliphatic rings. The van der Waals surface area contributed by atoms with Crippen LogP contribution >= 0.6 is 0 Å². The van der Waals surface area contributed by atoms with Crippen LogP contribution in [-0.4, -0.2) is 79.9 Å². The summed E-state index contributed by atoms with van der Waals surface area (Å²) in [5, 5.41) is 14.1. The van der Waals surface area contributed by atoms with Crippen molar-refractivity contribution >= 4 is 17.6 Å². The van der Waals surface area contributed by atoms with Crippen LogP contribution in [0.4, 0.5) is 13.6 Å². The first-order chi connectivity index (χ1) is 16.0. The second-order valence-electron chi connectivity index (χ2n) is 9.79. The van der Waals surface area contributed by atoms with Crippen LogP contribution < -0.4 is 10.6 Å². The minimum absolute atomic E-state index is 0.0520. The number of ether oxygens (including phenoxy) is 1. The second-order valence-corrected chi connectivity index (χ2v) is 9.79. The molecule has 34 heavy (non-hydrogen) atoms. The highest BCUT2D eigenvalue weighted by Gasteiger charge is 2.36. The smallest absolute Gasteiger partial charge is 0.319 e. The molecule has 2 aliphatic heterocycles. The van der Waals surface area contributed by atoms with Crippen LogP contribution in [0.1, 0.15) is 32.8 Å². The number of benzene rings is 1. The molecule has 3 rings (SSSR count). The molecule has 1 atom stereocenters. The summed E-state index contributed by atoms with van der Waals surface area (Å²) < 4.78 is 32.4. The minimum atomic E-state index is -1.05. The molecule has 0 radical (unpaired) electrons. The van der Waals surface area contributed by atoms with Gasteiger partial charge in [0.1, 0.15) is 6.04 Å². The van der Waals surface area contributed by atoms with E-state index in [0.29, 0.717) is 37.4 Å². The van der Waals surface area contributed by atoms with Crippen molar-refractivity contribution < 1.29 is 23.1 Å². The number of rotatable bonds is 5. The fourth-order valence-corrected chi connectivity index (χ4v) is 3.94. The van der Waals surface area contributed by atoms with Crippen molar-refractivity contribution in [2.24, 2.45) is 5.41 Å². The third kappa shape index (κ3) is 6.18. The van der Waals surface area contributed by atoms with Gasteiger partial charge in [-0.2, -0.15) is 0 Å². The Hall–Kier alpha value is -2.85. The van der Waals surface area contributed by atoms with E-state index in [1.54, 1.807) is 4.90 Å². The number of hydrogen-bond donors (Lipinski definition) is 3. The molecule has 10 heteroatoms. The highest BCUT2D eigenvalue weighted by molar-refractivity contribution is 6.11. The zero-order valence-electron chi connectivity index (χ0n) is 20.1. The molecule has 1 aromatic carbocycles. The Kier molecular flexibility index (Phi) is 8.04. The van der Waals surface area contributed by atoms with E-state index in [0.717, 1.165) is 25.2 Å². The second kappa shape index (κ2) is 10.6. The fourth-order valence-electron chi connectivity index (χ4n) is 3.94. The SMILES string of the molecule is CN1CCN(C(=O)[C@@H](NC(=O)NC2=C(C(=N)c3ccc(F)c(F)c3)COCC2)C(C)(C)C)CC1. The van der Waals surface area contributed by atoms with Gasteiger partial charge < -0.3 is 25.2 Å². The summed E-state index contributed by atoms with van der Waals surface area (Å²) in [4.78, 5) is 30.1. The third-order valence-corrected chi connectivity index (χ3v) is 6.08. The molecule has 186 valence electrons. The monoisotopic (exact) mass is 477 g/mol. The summed E-state index contributed by atoms with van der Waals surface area (Å²) in [6.07, 6.45) is 0.335. The number of amides is 3. The molecule has 0 aliphatic carbocycles. The lowest BCUT2D eigenvalue weighted by atomic mass is 9.85. The Morgan fingerprint density at radius 2 is 1.79 bits per heavy atom. The summed E-state index contributed by atoms with van der Waals surface area (Å²) in [6, 6.07) is 1.91. The molecule has 8 nitrogen and oxygen atoms in total. The predicted molar refractivity (Wildman–Crippen MR) is 125 cm³/mol. The van der Waals surface area contributed by atoms with Crippen LogP contribution in [0.25, 0.3) is 0 Å². The molecule has 1 fully saturated rings. The average molecular weight is 478 g/mol. The van der Waals surface area contributed by atoms with Crippen molar-refractivity contribution in [1.29, 1.82) is 5.41 Å². The van der Waals surface area contributed by atoms with Gasteiger partial charge in [0.2, 0.25) is 5.91 Å². The zero-order valence-corrected chi connectivity index (χ0v) is 20.1. The largest absolute Gasteiger partial charge is 0.376 e. The Labute approximate surface area is 198 Å². The zero-order chi connectivity index (χ0) is 25.0. The van der Waals surface area contributed by atoms with Crippen molar-refractivity contribution in [3.8, 4) is 0 Å². The lowest BCUT2D eigenvalue weighted by Crippen LogP contribution is -2.59. The number of urea groups is 1. The van der Waals surface area contributed by atoms with E-state index in [9.17, 15) is 18.4 Å². The van der Waals surface area contributed by atoms with Gasteiger partial charge in [-0.15, -0.1) is 0 Å². The first-order valence-corrected chi connectivity index (χ1v) is 11.4. The van der Waals surface area contributed by atoms with Crippen LogP contribution in [0.3, 0.4) is 0 Å². The average Bonchev–Trinajstić information content (AvgIpc) is 2.78. The molecular weight excluding hydrogens is 444 g/mol. The van der Waals surface area contributed by atoms with E-state index in [4.69, 9.17) is 10.1 Å². The number of nitrogens with one attached hydrogen (secondary N) is 3. The van der Waals surface area contributed by atoms with E-state index in [-0.39, 0.29) is 23.8 Å². The number of carbonyl (C=O) groups excluding carboxylic acids is 2. The first kappa shape index (κ1) is 25.8. The Morgan fingerprint density at radius 1 is 1.12 bits per heavy atom. The third-order valence-electron chi connectivity index (χ3n) is 6.08. The summed E-state index contributed by atoms with van der Waals surface area (Å²) >= 11 is 0. The van der Waals surface area contributed by atoms with E-state index in [1.165, 1.54) is 6.07 Å². The maximum Gasteiger partial charge on any atom is 0.319 e. The van der Waals surface area contributed by atoms with Crippen molar-refractivity contribution in [2.75, 3.05) is 46.4 Å². The first-order valence-electron chi connectivity index (χ1n) is 11.4. The number of nitrogens with zero attached hydrogens (tertiary/aromatic N) is 2. The van der Waals surface area contributed by atoms with Gasteiger partial charge in [-0.05, 0) is 30.7 Å². The van der Waals surface area contributed by atoms with Crippen LogP contribution in [0.5, 0.6) is 0 Å². The maximum absolute atomic E-state index is 13.7. The molecule has 0 spiro atoms. The molecule has 1 aromatic rings. The summed E-state index contributed by atoms with van der Waals surface area (Å²) in [5.41, 5.74) is 0.429. The van der Waals surface area contributed by atoms with Crippen molar-refractivity contribution in [3.05, 3.63) is 46.7 Å². The molecule has 2 heterocycles. The van der Waals surface area contributed by atoms with Gasteiger partial charge in [0, 0.05) is 49.4 Å². The Morgan fingerprint density at radius 3 is 2.41 bits per heavy atom. The molecule has 0 saturated carbocycles. The van der Waals surface area contributed by atoms with Gasteiger partial charge in [0.25, 0.3) is 0 Å². The van der Waals surface area contributed by atoms with E-state index < -0.39 is 29.1 Å². The van der Waals surface area contributed by atoms with Crippen LogP contribution in [-0.2, 0) is 9.53 Å². The molecule has 0 unspecified atom stereocenters. The summed E-state index contributed by atoms with van der Waals surface area (Å²) in [5.74, 6) is -2.19. The van der Waals surface area contributed by atoms with Gasteiger partial charge >= 0.3 is 6.03 Å². The fraction of sp³-hybridized carbons (Fsp3) is 0.542. The topological polar surface area (TPSA) is 97.8 Å². The number of likely N-dealkylation sites (N-methyl/N-ethyl adjacent to an activating group) is 1. The van der Waals surface area contributed by atoms with Crippen LogP contribution in [0.2, 0.25) is 0 Å². The highest BCUT2D eigenvalue weighted by atomic mass is 19.2. The predicted octanol–water partition coefficient (Wildman–Crippen LogP) is 2.49. The number of piperazine rings is 1. The molecule has 1 saturated heterocycles. The van der Waals surface area contributed by atoms with Crippen LogP contribution in [0.15, 0.2) is 29.5 Å². The van der Waals surface area contributed by atoms with Gasteiger partial charge in [0.15, 0.2) is 11.6 Å². The number of hydrogen-bond acceptors (Lipinski definition) is 5. The normalized spacial score (nSPS) is 18.5. The van der Waals surface area contributed by atoms with Crippen molar-refractivity contribution in [1.82, 2.24) is 20.4 Å². The van der Waals surface area contributed by atoms with Crippen molar-refractivity contribution in [2.45, 2.75) is 33.2 Å². The van der Waals surface area contributed by atoms with Gasteiger partial charge in [-0.25, -0.2) is 13.6 Å². The lowest BCUT2D eigenvalue weighted by molar-refractivity contribution is -0.137. The molecule has 0 aromatic heterocycles. The van der Waals surface area contributed by atoms with E-state index in [2.05, 4.69) is 15.5 Å². The standard InChI is InChI=1S/C24H33F2N5O3/c1-24(2,3)21(22(32)31-10-8-30(4)9-11-31)29-23(33)28-19-7-12-34-14-16(19)20(27)15-5-6-17(25)18(26)13-15/h5-6,13,21,27H,7-12,14H2,1-4H3,(H2,28,29,33)/t21-/m1/s1. The Bertz CT molecular complexity index is 981. The summed E-state index contributed by atoms with van der Waals surface area (Å²) in [7, 11) is 2.01. The molecule has 0 bridgehead atoms. The summed E-state index contributed by atoms with van der Waals surface area (Å²) in [6.45, 7) is 8.82. The quantitative estimate of drug-likeness (QED) is 0.568. The van der Waals surface area contributed by atoms with Crippen molar-refractivity contribution in [3.63, 3.8) is 0 Å². The van der Waals surface area contributed by atoms with Gasteiger partial charge in [-0.3, -0.25) is 10.2 Å². The lowest BCUT2D eigenvalue weighted by Gasteiger charge is -2.38. The van der Waals surface area contributed by atoms with Gasteiger partial charge in [-0.1, -0.05) is 20.8 Å². The highest BCUT2D eigenvalue weighted by Crippen LogP contribution is 2.23.